The topological polar surface area (TPSA) is 76.4 Å². The molecule has 6 nitrogen and oxygen atoms in total. The largest absolute Gasteiger partial charge is 0.355 e. The van der Waals surface area contributed by atoms with Crippen LogP contribution in [0.3, 0.4) is 0 Å². The molecule has 2 fully saturated rings. The summed E-state index contributed by atoms with van der Waals surface area (Å²) in [6.45, 7) is 10.4. The van der Waals surface area contributed by atoms with E-state index in [9.17, 15) is 14.9 Å². The van der Waals surface area contributed by atoms with Gasteiger partial charge < -0.3 is 10.2 Å². The minimum Gasteiger partial charge on any atom is -0.355 e. The molecule has 4 rings (SSSR count). The van der Waals surface area contributed by atoms with Crippen LogP contribution in [0.1, 0.15) is 68.4 Å². The molecular formula is C28H31FN4O2S. The highest BCUT2D eigenvalue weighted by Crippen LogP contribution is 2.56. The molecule has 188 valence electrons. The molecule has 1 N–H and O–H groups in total. The number of hydrogen-bond donors (Lipinski definition) is 1. The average molecular weight is 507 g/mol. The van der Waals surface area contributed by atoms with Gasteiger partial charge in [-0.05, 0) is 91.2 Å². The first-order valence-corrected chi connectivity index (χ1v) is 12.4. The number of carbonyl (C=O) groups excluding carboxylic acids is 2. The summed E-state index contributed by atoms with van der Waals surface area (Å²) in [5, 5.41) is 12.1. The number of carbonyl (C=O) groups is 2. The smallest absolute Gasteiger partial charge is 0.259 e. The van der Waals surface area contributed by atoms with Gasteiger partial charge in [0.05, 0.1) is 22.9 Å². The van der Waals surface area contributed by atoms with Crippen LogP contribution in [-0.4, -0.2) is 29.5 Å². The molecule has 0 aromatic heterocycles. The van der Waals surface area contributed by atoms with E-state index in [-0.39, 0.29) is 27.4 Å². The molecule has 8 heteroatoms. The highest BCUT2D eigenvalue weighted by molar-refractivity contribution is 7.81. The van der Waals surface area contributed by atoms with Crippen molar-refractivity contribution in [1.29, 1.82) is 5.26 Å². The van der Waals surface area contributed by atoms with Crippen molar-refractivity contribution in [2.24, 2.45) is 10.8 Å². The van der Waals surface area contributed by atoms with Gasteiger partial charge in [-0.15, -0.1) is 0 Å². The van der Waals surface area contributed by atoms with Gasteiger partial charge in [-0.2, -0.15) is 5.26 Å². The van der Waals surface area contributed by atoms with Gasteiger partial charge in [-0.25, -0.2) is 4.39 Å². The third-order valence-electron chi connectivity index (χ3n) is 7.18. The zero-order valence-corrected chi connectivity index (χ0v) is 22.3. The fraction of sp³-hybridized carbons (Fsp3) is 0.429. The Kier molecular flexibility index (Phi) is 6.20. The third-order valence-corrected chi connectivity index (χ3v) is 7.55. The zero-order valence-electron chi connectivity index (χ0n) is 21.5. The molecule has 1 aliphatic carbocycles. The van der Waals surface area contributed by atoms with Crippen LogP contribution in [0.15, 0.2) is 36.4 Å². The summed E-state index contributed by atoms with van der Waals surface area (Å²) in [6.07, 6.45) is 2.00. The van der Waals surface area contributed by atoms with Crippen LogP contribution in [0.2, 0.25) is 0 Å². The first kappa shape index (κ1) is 25.8. The van der Waals surface area contributed by atoms with Crippen molar-refractivity contribution >= 4 is 40.5 Å². The monoisotopic (exact) mass is 506 g/mol. The van der Waals surface area contributed by atoms with E-state index < -0.39 is 17.3 Å². The Morgan fingerprint density at radius 2 is 1.67 bits per heavy atom. The van der Waals surface area contributed by atoms with E-state index in [1.807, 2.05) is 6.92 Å². The molecule has 2 aromatic rings. The summed E-state index contributed by atoms with van der Waals surface area (Å²) in [5.74, 6) is -1.36. The van der Waals surface area contributed by atoms with Crippen molar-refractivity contribution < 1.29 is 14.0 Å². The van der Waals surface area contributed by atoms with Crippen LogP contribution in [0.25, 0.3) is 0 Å². The summed E-state index contributed by atoms with van der Waals surface area (Å²) in [7, 11) is 1.45. The number of nitriles is 1. The third kappa shape index (κ3) is 4.16. The van der Waals surface area contributed by atoms with Crippen molar-refractivity contribution in [2.75, 3.05) is 16.8 Å². The molecule has 1 aliphatic heterocycles. The van der Waals surface area contributed by atoms with Gasteiger partial charge in [0.15, 0.2) is 5.11 Å². The molecule has 1 spiro atoms. The standard InChI is InChI=1S/C28H31FN4O2S/c1-17-11-19(8-7-18(17)13-30)32-24(35)28(15-26(2,3)14-27(4,5)16-28)33(25(32)36)20-9-10-21(22(29)12-20)23(34)31-6/h7-12H,14-16H2,1-6H3,(H,31,34). The van der Waals surface area contributed by atoms with E-state index in [1.54, 1.807) is 29.2 Å². The molecule has 2 aromatic carbocycles. The maximum Gasteiger partial charge on any atom is 0.259 e. The number of halogens is 1. The Labute approximate surface area is 217 Å². The molecular weight excluding hydrogens is 475 g/mol. The van der Waals surface area contributed by atoms with Crippen molar-refractivity contribution in [1.82, 2.24) is 5.32 Å². The lowest BCUT2D eigenvalue weighted by atomic mass is 9.58. The van der Waals surface area contributed by atoms with Crippen LogP contribution in [0.4, 0.5) is 15.8 Å². The van der Waals surface area contributed by atoms with Gasteiger partial charge in [0.2, 0.25) is 0 Å². The molecule has 0 bridgehead atoms. The molecule has 0 atom stereocenters. The van der Waals surface area contributed by atoms with E-state index in [4.69, 9.17) is 12.2 Å². The van der Waals surface area contributed by atoms with Crippen LogP contribution in [0, 0.1) is 34.9 Å². The molecule has 0 unspecified atom stereocenters. The summed E-state index contributed by atoms with van der Waals surface area (Å²) in [6, 6.07) is 11.7. The van der Waals surface area contributed by atoms with Crippen LogP contribution in [0.5, 0.6) is 0 Å². The van der Waals surface area contributed by atoms with Crippen molar-refractivity contribution in [3.05, 3.63) is 58.9 Å². The first-order valence-electron chi connectivity index (χ1n) is 12.0. The van der Waals surface area contributed by atoms with Gasteiger partial charge in [-0.1, -0.05) is 27.7 Å². The fourth-order valence-corrected chi connectivity index (χ4v) is 6.98. The summed E-state index contributed by atoms with van der Waals surface area (Å²) < 4.78 is 15.1. The number of rotatable bonds is 3. The van der Waals surface area contributed by atoms with Crippen LogP contribution >= 0.6 is 12.2 Å². The maximum absolute atomic E-state index is 15.1. The lowest BCUT2D eigenvalue weighted by Crippen LogP contribution is -2.58. The fourth-order valence-electron chi connectivity index (χ4n) is 6.51. The number of benzene rings is 2. The van der Waals surface area contributed by atoms with E-state index in [1.165, 1.54) is 24.1 Å². The van der Waals surface area contributed by atoms with Gasteiger partial charge in [0.25, 0.3) is 11.8 Å². The normalized spacial score (nSPS) is 19.9. The molecule has 2 amide bonds. The molecule has 2 aliphatic rings. The predicted octanol–water partition coefficient (Wildman–Crippen LogP) is 5.48. The van der Waals surface area contributed by atoms with Crippen LogP contribution < -0.4 is 15.1 Å². The Morgan fingerprint density at radius 3 is 2.19 bits per heavy atom. The number of hydrogen-bond acceptors (Lipinski definition) is 4. The minimum absolute atomic E-state index is 0.0735. The quantitative estimate of drug-likeness (QED) is 0.558. The summed E-state index contributed by atoms with van der Waals surface area (Å²) >= 11 is 5.93. The minimum atomic E-state index is -1.02. The molecule has 36 heavy (non-hydrogen) atoms. The van der Waals surface area contributed by atoms with Gasteiger partial charge >= 0.3 is 0 Å². The number of anilines is 2. The van der Waals surface area contributed by atoms with Gasteiger partial charge in [0.1, 0.15) is 11.4 Å². The molecule has 1 saturated heterocycles. The molecule has 0 radical (unpaired) electrons. The van der Waals surface area contributed by atoms with Crippen LogP contribution in [-0.2, 0) is 4.79 Å². The zero-order chi connectivity index (χ0) is 26.6. The Bertz CT molecular complexity index is 1310. The van der Waals surface area contributed by atoms with E-state index >= 15 is 4.39 Å². The highest BCUT2D eigenvalue weighted by atomic mass is 32.1. The maximum atomic E-state index is 15.1. The van der Waals surface area contributed by atoms with E-state index in [0.29, 0.717) is 29.8 Å². The lowest BCUT2D eigenvalue weighted by molar-refractivity contribution is -0.126. The molecule has 1 heterocycles. The highest BCUT2D eigenvalue weighted by Gasteiger charge is 2.62. The van der Waals surface area contributed by atoms with E-state index in [0.717, 1.165) is 12.0 Å². The second-order valence-electron chi connectivity index (χ2n) is 11.5. The predicted molar refractivity (Wildman–Crippen MR) is 142 cm³/mol. The second kappa shape index (κ2) is 8.67. The summed E-state index contributed by atoms with van der Waals surface area (Å²) in [5.41, 5.74) is 0.816. The SMILES string of the molecule is CNC(=O)c1ccc(N2C(=S)N(c3ccc(C#N)c(C)c3)C(=O)C23CC(C)(C)CC(C)(C)C3)cc1F. The van der Waals surface area contributed by atoms with Crippen molar-refractivity contribution in [3.63, 3.8) is 0 Å². The van der Waals surface area contributed by atoms with E-state index in [2.05, 4.69) is 39.1 Å². The van der Waals surface area contributed by atoms with Gasteiger partial charge in [-0.3, -0.25) is 14.5 Å². The van der Waals surface area contributed by atoms with Crippen molar-refractivity contribution in [3.8, 4) is 6.07 Å². The summed E-state index contributed by atoms with van der Waals surface area (Å²) in [4.78, 5) is 29.8. The average Bonchev–Trinajstić information content (AvgIpc) is 2.96. The number of amides is 2. The first-order chi connectivity index (χ1) is 16.7. The second-order valence-corrected chi connectivity index (χ2v) is 11.9. The number of thiocarbonyl (C=S) groups is 1. The Morgan fingerprint density at radius 1 is 1.06 bits per heavy atom. The molecule has 1 saturated carbocycles. The van der Waals surface area contributed by atoms with Crippen molar-refractivity contribution in [2.45, 2.75) is 59.4 Å². The Balaban J connectivity index is 1.92. The Hall–Kier alpha value is -3.31. The lowest BCUT2D eigenvalue weighted by Gasteiger charge is -2.52. The number of aryl methyl sites for hydroxylation is 1. The number of nitrogens with zero attached hydrogens (tertiary/aromatic N) is 3. The number of nitrogens with one attached hydrogen (secondary N) is 1. The van der Waals surface area contributed by atoms with Gasteiger partial charge in [0, 0.05) is 12.7 Å².